The van der Waals surface area contributed by atoms with Gasteiger partial charge in [0.1, 0.15) is 11.4 Å². The maximum Gasteiger partial charge on any atom is 0.192 e. The van der Waals surface area contributed by atoms with Gasteiger partial charge in [0.2, 0.25) is 0 Å². The van der Waals surface area contributed by atoms with Gasteiger partial charge >= 0.3 is 0 Å². The zero-order chi connectivity index (χ0) is 16.7. The molecule has 0 N–H and O–H groups in total. The predicted octanol–water partition coefficient (Wildman–Crippen LogP) is 5.27. The Morgan fingerprint density at radius 1 is 1.35 bits per heavy atom. The molecule has 3 rings (SSSR count). The lowest BCUT2D eigenvalue weighted by Gasteiger charge is -2.36. The summed E-state index contributed by atoms with van der Waals surface area (Å²) >= 11 is 1.74. The van der Waals surface area contributed by atoms with Crippen LogP contribution in [0.1, 0.15) is 31.9 Å². The largest absolute Gasteiger partial charge is 0.491 e. The molecule has 0 fully saturated rings. The molecule has 0 bridgehead atoms. The van der Waals surface area contributed by atoms with Crippen LogP contribution < -0.4 is 4.74 Å². The molecule has 0 aliphatic carbocycles. The lowest BCUT2D eigenvalue weighted by Crippen LogP contribution is -2.40. The highest BCUT2D eigenvalue weighted by atomic mass is 32.1. The fourth-order valence-corrected chi connectivity index (χ4v) is 4.25. The van der Waals surface area contributed by atoms with Crippen LogP contribution in [0, 0.1) is 0 Å². The van der Waals surface area contributed by atoms with Gasteiger partial charge in [0, 0.05) is 12.6 Å². The molecule has 5 heteroatoms. The molecule has 1 aliphatic heterocycles. The van der Waals surface area contributed by atoms with Gasteiger partial charge in [0.05, 0.1) is 18.1 Å². The third kappa shape index (κ3) is 3.37. The Labute approximate surface area is 143 Å². The number of fused-ring (bicyclic) bond motifs is 3. The van der Waals surface area contributed by atoms with Crippen LogP contribution in [0.5, 0.6) is 5.75 Å². The van der Waals surface area contributed by atoms with Crippen LogP contribution in [0.25, 0.3) is 10.6 Å². The summed E-state index contributed by atoms with van der Waals surface area (Å²) in [6.45, 7) is 12.7. The average molecular weight is 348 g/mol. The molecule has 0 aromatic carbocycles. The van der Waals surface area contributed by atoms with Gasteiger partial charge in [-0.2, -0.15) is 0 Å². The quantitative estimate of drug-likeness (QED) is 0.709. The Hall–Kier alpha value is -1.17. The molecule has 3 heterocycles. The van der Waals surface area contributed by atoms with Crippen LogP contribution in [0.4, 0.5) is 0 Å². The molecule has 0 unspecified atom stereocenters. The van der Waals surface area contributed by atoms with Gasteiger partial charge in [-0.3, -0.25) is 4.98 Å². The van der Waals surface area contributed by atoms with Crippen molar-refractivity contribution in [3.05, 3.63) is 34.8 Å². The molecule has 2 aromatic heterocycles. The van der Waals surface area contributed by atoms with Crippen LogP contribution in [-0.2, 0) is 17.5 Å². The van der Waals surface area contributed by atoms with Crippen LogP contribution in [-0.4, -0.2) is 19.9 Å². The number of ether oxygens (including phenoxy) is 1. The van der Waals surface area contributed by atoms with Crippen molar-refractivity contribution in [2.45, 2.75) is 51.9 Å². The molecule has 1 aliphatic rings. The highest BCUT2D eigenvalue weighted by molar-refractivity contribution is 7.13. The van der Waals surface area contributed by atoms with E-state index in [0.29, 0.717) is 13.2 Å². The standard InChI is InChI=1S/C18H25NO2SSi/c1-18(2,3)23(4,5)21-12-13-10-15-16(19-11-13)17-14(6-8-20-15)7-9-22-17/h7,9-11H,6,8,12H2,1-5H3. The second-order valence-corrected chi connectivity index (χ2v) is 13.3. The Morgan fingerprint density at radius 2 is 2.13 bits per heavy atom. The Kier molecular flexibility index (Phi) is 4.38. The summed E-state index contributed by atoms with van der Waals surface area (Å²) in [5.74, 6) is 0.891. The zero-order valence-electron chi connectivity index (χ0n) is 14.6. The first-order valence-electron chi connectivity index (χ1n) is 8.10. The van der Waals surface area contributed by atoms with E-state index in [0.717, 1.165) is 23.4 Å². The SMILES string of the molecule is CC(C)(C)[Si](C)(C)OCc1cnc2c(c1)OCCc1ccsc1-2. The molecule has 0 saturated heterocycles. The van der Waals surface area contributed by atoms with E-state index < -0.39 is 8.32 Å². The highest BCUT2D eigenvalue weighted by Crippen LogP contribution is 2.39. The second kappa shape index (κ2) is 6.04. The minimum absolute atomic E-state index is 0.217. The average Bonchev–Trinajstić information content (AvgIpc) is 2.86. The summed E-state index contributed by atoms with van der Waals surface area (Å²) < 4.78 is 12.2. The molecule has 0 radical (unpaired) electrons. The summed E-state index contributed by atoms with van der Waals surface area (Å²) in [6, 6.07) is 4.28. The number of thiophene rings is 1. The van der Waals surface area contributed by atoms with E-state index in [-0.39, 0.29) is 5.04 Å². The van der Waals surface area contributed by atoms with Crippen molar-refractivity contribution in [3.63, 3.8) is 0 Å². The number of hydrogen-bond acceptors (Lipinski definition) is 4. The third-order valence-corrected chi connectivity index (χ3v) is 10.3. The monoisotopic (exact) mass is 347 g/mol. The van der Waals surface area contributed by atoms with Crippen molar-refractivity contribution >= 4 is 19.7 Å². The Bertz CT molecular complexity index is 703. The maximum atomic E-state index is 6.30. The van der Waals surface area contributed by atoms with E-state index in [1.165, 1.54) is 10.4 Å². The normalized spacial score (nSPS) is 14.7. The lowest BCUT2D eigenvalue weighted by molar-refractivity contribution is 0.274. The molecule has 23 heavy (non-hydrogen) atoms. The first kappa shape index (κ1) is 16.7. The smallest absolute Gasteiger partial charge is 0.192 e. The number of nitrogens with zero attached hydrogens (tertiary/aromatic N) is 1. The van der Waals surface area contributed by atoms with E-state index in [1.54, 1.807) is 11.3 Å². The van der Waals surface area contributed by atoms with Crippen LogP contribution >= 0.6 is 11.3 Å². The van der Waals surface area contributed by atoms with Crippen LogP contribution in [0.3, 0.4) is 0 Å². The van der Waals surface area contributed by atoms with Gasteiger partial charge in [0.25, 0.3) is 0 Å². The second-order valence-electron chi connectivity index (χ2n) is 7.61. The Balaban J connectivity index is 1.82. The number of rotatable bonds is 3. The first-order chi connectivity index (χ1) is 10.8. The van der Waals surface area contributed by atoms with Crippen molar-refractivity contribution in [2.75, 3.05) is 6.61 Å². The molecule has 2 aromatic rings. The summed E-state index contributed by atoms with van der Waals surface area (Å²) in [7, 11) is -1.75. The number of pyridine rings is 1. The van der Waals surface area contributed by atoms with Gasteiger partial charge < -0.3 is 9.16 Å². The molecular formula is C18H25NO2SSi. The number of hydrogen-bond donors (Lipinski definition) is 0. The van der Waals surface area contributed by atoms with E-state index >= 15 is 0 Å². The van der Waals surface area contributed by atoms with Gasteiger partial charge in [-0.25, -0.2) is 0 Å². The number of aromatic nitrogens is 1. The van der Waals surface area contributed by atoms with Crippen molar-refractivity contribution in [3.8, 4) is 16.3 Å². The van der Waals surface area contributed by atoms with E-state index in [2.05, 4.69) is 56.4 Å². The molecule has 124 valence electrons. The fourth-order valence-electron chi connectivity index (χ4n) is 2.34. The summed E-state index contributed by atoms with van der Waals surface area (Å²) in [5, 5.41) is 2.35. The van der Waals surface area contributed by atoms with Crippen LogP contribution in [0.2, 0.25) is 18.1 Å². The summed E-state index contributed by atoms with van der Waals surface area (Å²) in [4.78, 5) is 5.92. The molecule has 3 nitrogen and oxygen atoms in total. The highest BCUT2D eigenvalue weighted by Gasteiger charge is 2.37. The maximum absolute atomic E-state index is 6.30. The lowest BCUT2D eigenvalue weighted by atomic mass is 10.1. The summed E-state index contributed by atoms with van der Waals surface area (Å²) in [6.07, 6.45) is 2.88. The first-order valence-corrected chi connectivity index (χ1v) is 11.9. The summed E-state index contributed by atoms with van der Waals surface area (Å²) in [5.41, 5.74) is 3.41. The van der Waals surface area contributed by atoms with Gasteiger partial charge in [-0.05, 0) is 46.8 Å². The minimum atomic E-state index is -1.75. The van der Waals surface area contributed by atoms with E-state index in [1.807, 2.05) is 6.20 Å². The third-order valence-electron chi connectivity index (χ3n) is 4.91. The van der Waals surface area contributed by atoms with Gasteiger partial charge in [-0.15, -0.1) is 11.3 Å². The predicted molar refractivity (Wildman–Crippen MR) is 98.7 cm³/mol. The molecule has 0 saturated carbocycles. The van der Waals surface area contributed by atoms with Crippen molar-refractivity contribution in [1.82, 2.24) is 4.98 Å². The van der Waals surface area contributed by atoms with Gasteiger partial charge in [0.15, 0.2) is 8.32 Å². The zero-order valence-corrected chi connectivity index (χ0v) is 16.4. The molecule has 0 spiro atoms. The van der Waals surface area contributed by atoms with E-state index in [4.69, 9.17) is 9.16 Å². The molecular weight excluding hydrogens is 322 g/mol. The topological polar surface area (TPSA) is 31.4 Å². The minimum Gasteiger partial charge on any atom is -0.491 e. The van der Waals surface area contributed by atoms with E-state index in [9.17, 15) is 0 Å². The Morgan fingerprint density at radius 3 is 2.87 bits per heavy atom. The molecule has 0 amide bonds. The van der Waals surface area contributed by atoms with Crippen LogP contribution in [0.15, 0.2) is 23.7 Å². The fraction of sp³-hybridized carbons (Fsp3) is 0.500. The van der Waals surface area contributed by atoms with Gasteiger partial charge in [-0.1, -0.05) is 20.8 Å². The van der Waals surface area contributed by atoms with Crippen molar-refractivity contribution in [1.29, 1.82) is 0 Å². The van der Waals surface area contributed by atoms with Crippen molar-refractivity contribution in [2.24, 2.45) is 0 Å². The van der Waals surface area contributed by atoms with Crippen molar-refractivity contribution < 1.29 is 9.16 Å². The molecule has 0 atom stereocenters.